The number of aromatic nitrogens is 6. The number of hydrogen-bond donors (Lipinski definition) is 1. The van der Waals surface area contributed by atoms with E-state index < -0.39 is 18.5 Å². The Morgan fingerprint density at radius 3 is 2.73 bits per heavy atom. The number of nitrogens with zero attached hydrogens (tertiary/aromatic N) is 8. The molecule has 0 bridgehead atoms. The molecule has 1 aliphatic rings. The number of piperidine rings is 1. The third-order valence-corrected chi connectivity index (χ3v) is 6.93. The lowest BCUT2D eigenvalue weighted by atomic mass is 10.0. The predicted octanol–water partition coefficient (Wildman–Crippen LogP) is 3.00. The van der Waals surface area contributed by atoms with Crippen molar-refractivity contribution in [1.82, 2.24) is 34.3 Å². The number of ether oxygens (including phenoxy) is 1. The Labute approximate surface area is 229 Å². The van der Waals surface area contributed by atoms with Crippen LogP contribution >= 0.6 is 0 Å². The monoisotopic (exact) mass is 542 g/mol. The molecule has 1 atom stereocenters. The molecule has 0 aliphatic carbocycles. The van der Waals surface area contributed by atoms with Crippen LogP contribution in [0.5, 0.6) is 5.88 Å². The summed E-state index contributed by atoms with van der Waals surface area (Å²) < 4.78 is 23.3. The van der Waals surface area contributed by atoms with E-state index in [2.05, 4.69) is 32.1 Å². The van der Waals surface area contributed by atoms with Crippen molar-refractivity contribution < 1.29 is 19.0 Å². The zero-order chi connectivity index (χ0) is 28.2. The minimum Gasteiger partial charge on any atom is -0.466 e. The Morgan fingerprint density at radius 2 is 2.05 bits per heavy atom. The van der Waals surface area contributed by atoms with Crippen LogP contribution in [0.25, 0.3) is 16.9 Å². The Kier molecular flexibility index (Phi) is 7.71. The summed E-state index contributed by atoms with van der Waals surface area (Å²) in [5.74, 6) is 5.60. The maximum Gasteiger partial charge on any atom is 0.236 e. The molecule has 5 rings (SSSR count). The number of hydrogen-bond acceptors (Lipinski definition) is 8. The molecule has 1 fully saturated rings. The number of imidazole rings is 1. The molecule has 5 heterocycles. The van der Waals surface area contributed by atoms with Gasteiger partial charge < -0.3 is 14.7 Å². The molecule has 40 heavy (non-hydrogen) atoms. The zero-order valence-corrected chi connectivity index (χ0v) is 22.1. The first kappa shape index (κ1) is 26.8. The highest BCUT2D eigenvalue weighted by atomic mass is 19.1. The van der Waals surface area contributed by atoms with Gasteiger partial charge in [-0.3, -0.25) is 14.2 Å². The molecule has 0 spiro atoms. The van der Waals surface area contributed by atoms with Crippen LogP contribution in [0.1, 0.15) is 55.4 Å². The average Bonchev–Trinajstić information content (AvgIpc) is 3.56. The van der Waals surface area contributed by atoms with E-state index in [1.807, 2.05) is 23.7 Å². The van der Waals surface area contributed by atoms with Crippen molar-refractivity contribution in [2.24, 2.45) is 0 Å². The van der Waals surface area contributed by atoms with Gasteiger partial charge >= 0.3 is 0 Å². The van der Waals surface area contributed by atoms with Gasteiger partial charge in [0, 0.05) is 24.7 Å². The lowest BCUT2D eigenvalue weighted by Gasteiger charge is -2.31. The van der Waals surface area contributed by atoms with Crippen molar-refractivity contribution in [2.75, 3.05) is 19.7 Å². The van der Waals surface area contributed by atoms with E-state index in [4.69, 9.17) is 10.00 Å². The smallest absolute Gasteiger partial charge is 0.236 e. The molecule has 11 nitrogen and oxygen atoms in total. The molecule has 1 N–H and O–H groups in total. The number of aliphatic hydroxyl groups excluding tert-OH is 1. The minimum absolute atomic E-state index is 0.0630. The van der Waals surface area contributed by atoms with Crippen molar-refractivity contribution in [2.45, 2.75) is 45.3 Å². The van der Waals surface area contributed by atoms with Crippen LogP contribution in [0.2, 0.25) is 0 Å². The molecule has 1 saturated heterocycles. The fourth-order valence-corrected chi connectivity index (χ4v) is 4.93. The largest absolute Gasteiger partial charge is 0.466 e. The average molecular weight is 543 g/mol. The first-order valence-corrected chi connectivity index (χ1v) is 12.8. The molecule has 204 valence electrons. The van der Waals surface area contributed by atoms with E-state index in [1.165, 1.54) is 12.1 Å². The van der Waals surface area contributed by atoms with Gasteiger partial charge in [-0.25, -0.2) is 14.1 Å². The first-order chi connectivity index (χ1) is 19.4. The van der Waals surface area contributed by atoms with Crippen LogP contribution in [0.4, 0.5) is 4.39 Å². The van der Waals surface area contributed by atoms with Crippen molar-refractivity contribution in [1.29, 1.82) is 5.26 Å². The van der Waals surface area contributed by atoms with E-state index in [9.17, 15) is 14.3 Å². The number of nitriles is 1. The lowest BCUT2D eigenvalue weighted by molar-refractivity contribution is -0.131. The molecule has 0 saturated carbocycles. The molecular formula is C28H27FN8O3. The van der Waals surface area contributed by atoms with Crippen LogP contribution in [0.15, 0.2) is 36.7 Å². The zero-order valence-electron chi connectivity index (χ0n) is 22.1. The molecular weight excluding hydrogens is 515 g/mol. The number of carbonyl (C=O) groups is 1. The van der Waals surface area contributed by atoms with E-state index in [0.29, 0.717) is 60.1 Å². The Bertz CT molecular complexity index is 1640. The fourth-order valence-electron chi connectivity index (χ4n) is 4.93. The normalized spacial score (nSPS) is 14.4. The van der Waals surface area contributed by atoms with Gasteiger partial charge in [0.1, 0.15) is 29.3 Å². The Balaban J connectivity index is 1.48. The Hall–Kier alpha value is -4.81. The van der Waals surface area contributed by atoms with E-state index >= 15 is 0 Å². The van der Waals surface area contributed by atoms with Gasteiger partial charge in [-0.2, -0.15) is 5.26 Å². The summed E-state index contributed by atoms with van der Waals surface area (Å²) in [6, 6.07) is 8.35. The van der Waals surface area contributed by atoms with Crippen LogP contribution in [0.3, 0.4) is 0 Å². The van der Waals surface area contributed by atoms with Gasteiger partial charge in [0.05, 0.1) is 42.5 Å². The molecule has 1 amide bonds. The summed E-state index contributed by atoms with van der Waals surface area (Å²) in [5.41, 5.74) is 3.72. The Morgan fingerprint density at radius 1 is 1.25 bits per heavy atom. The highest BCUT2D eigenvalue weighted by Gasteiger charge is 2.27. The van der Waals surface area contributed by atoms with E-state index in [1.54, 1.807) is 28.5 Å². The van der Waals surface area contributed by atoms with E-state index in [0.717, 1.165) is 11.9 Å². The number of carbonyl (C=O) groups excluding carboxylic acids is 1. The summed E-state index contributed by atoms with van der Waals surface area (Å²) in [6.07, 6.45) is 3.14. The molecule has 1 unspecified atom stereocenters. The van der Waals surface area contributed by atoms with Crippen LogP contribution in [-0.2, 0) is 4.79 Å². The number of aliphatic hydroxyl groups is 1. The fraction of sp³-hybridized carbons (Fsp3) is 0.357. The highest BCUT2D eigenvalue weighted by Crippen LogP contribution is 2.32. The van der Waals surface area contributed by atoms with Gasteiger partial charge in [-0.15, -0.1) is 5.10 Å². The number of likely N-dealkylation sites (tertiary alicyclic amines) is 1. The van der Waals surface area contributed by atoms with Crippen molar-refractivity contribution >= 4 is 11.6 Å². The minimum atomic E-state index is -0.866. The quantitative estimate of drug-likeness (QED) is 0.352. The number of amides is 1. The van der Waals surface area contributed by atoms with Gasteiger partial charge in [-0.1, -0.05) is 11.1 Å². The second-order valence-electron chi connectivity index (χ2n) is 9.40. The molecule has 4 aromatic heterocycles. The van der Waals surface area contributed by atoms with Gasteiger partial charge in [0.2, 0.25) is 11.8 Å². The highest BCUT2D eigenvalue weighted by molar-refractivity contribution is 5.78. The summed E-state index contributed by atoms with van der Waals surface area (Å²) in [6.45, 7) is 4.38. The summed E-state index contributed by atoms with van der Waals surface area (Å²) in [5, 5.41) is 27.8. The first-order valence-electron chi connectivity index (χ1n) is 12.8. The van der Waals surface area contributed by atoms with Crippen LogP contribution in [0, 0.1) is 35.9 Å². The molecule has 4 aromatic rings. The number of fused-ring (bicyclic) bond motifs is 1. The molecule has 12 heteroatoms. The molecule has 0 aromatic carbocycles. The van der Waals surface area contributed by atoms with Crippen LogP contribution < -0.4 is 4.74 Å². The SMILES string of the molecule is CC#Cc1cnc2cc(-c3nnn(C4CCN(C(=O)CC#N)CC4)c3C)cc(OC(CO)c3ccc(F)cn3)n12. The van der Waals surface area contributed by atoms with Gasteiger partial charge in [0.15, 0.2) is 6.10 Å². The topological polar surface area (TPSA) is 134 Å². The number of halogens is 1. The van der Waals surface area contributed by atoms with Crippen molar-refractivity contribution in [3.8, 4) is 35.0 Å². The maximum absolute atomic E-state index is 13.4. The number of rotatable bonds is 7. The number of pyridine rings is 2. The van der Waals surface area contributed by atoms with Gasteiger partial charge in [-0.05, 0) is 50.8 Å². The predicted molar refractivity (Wildman–Crippen MR) is 141 cm³/mol. The second kappa shape index (κ2) is 11.5. The second-order valence-corrected chi connectivity index (χ2v) is 9.40. The summed E-state index contributed by atoms with van der Waals surface area (Å²) in [7, 11) is 0. The standard InChI is InChI=1S/C28H27FN8O3/c1-3-4-22-16-32-25-13-19(14-27(36(22)25)40-24(17-38)23-6-5-20(29)15-31-23)28-18(2)37(34-33-28)21-8-11-35(12-9-21)26(39)7-10-30/h5-6,13-16,21,24,38H,7-9,11-12,17H2,1-2H3. The molecule has 1 aliphatic heterocycles. The lowest BCUT2D eigenvalue weighted by Crippen LogP contribution is -2.39. The summed E-state index contributed by atoms with van der Waals surface area (Å²) >= 11 is 0. The third kappa shape index (κ3) is 5.22. The third-order valence-electron chi connectivity index (χ3n) is 6.93. The maximum atomic E-state index is 13.4. The van der Waals surface area contributed by atoms with Crippen LogP contribution in [-0.4, -0.2) is 65.0 Å². The van der Waals surface area contributed by atoms with Crippen molar-refractivity contribution in [3.63, 3.8) is 0 Å². The van der Waals surface area contributed by atoms with Crippen molar-refractivity contribution in [3.05, 3.63) is 59.6 Å². The summed E-state index contributed by atoms with van der Waals surface area (Å²) in [4.78, 5) is 22.4. The molecule has 0 radical (unpaired) electrons. The van der Waals surface area contributed by atoms with E-state index in [-0.39, 0.29) is 18.4 Å². The van der Waals surface area contributed by atoms with Gasteiger partial charge in [0.25, 0.3) is 0 Å².